The Morgan fingerprint density at radius 1 is 0.806 bits per heavy atom. The molecule has 0 saturated carbocycles. The molecule has 5 nitrogen and oxygen atoms in total. The van der Waals surface area contributed by atoms with Crippen LogP contribution in [0, 0.1) is 0 Å². The molecule has 0 aliphatic heterocycles. The lowest BCUT2D eigenvalue weighted by atomic mass is 10.0. The first-order chi connectivity index (χ1) is 15.2. The van der Waals surface area contributed by atoms with Gasteiger partial charge in [-0.25, -0.2) is 0 Å². The van der Waals surface area contributed by atoms with Crippen LogP contribution in [0.25, 0.3) is 0 Å². The number of ether oxygens (including phenoxy) is 1. The number of hydrogen-bond acceptors (Lipinski definition) is 5. The van der Waals surface area contributed by atoms with Crippen molar-refractivity contribution in [3.05, 3.63) is 65.2 Å². The van der Waals surface area contributed by atoms with Crippen molar-refractivity contribution in [2.45, 2.75) is 64.1 Å². The molecule has 5 heteroatoms. The monoisotopic (exact) mass is 429 g/mol. The first-order valence-electron chi connectivity index (χ1n) is 11.6. The third-order valence-electron chi connectivity index (χ3n) is 5.47. The average molecular weight is 430 g/mol. The Hall–Kier alpha value is -1.92. The largest absolute Gasteiger partial charge is 0.508 e. The fourth-order valence-corrected chi connectivity index (χ4v) is 3.58. The van der Waals surface area contributed by atoms with Crippen molar-refractivity contribution < 1.29 is 20.1 Å². The lowest BCUT2D eigenvalue weighted by molar-refractivity contribution is 0.126. The minimum absolute atomic E-state index is 0.0723. The highest BCUT2D eigenvalue weighted by Crippen LogP contribution is 2.27. The Balaban J connectivity index is 1.37. The molecule has 2 rings (SSSR count). The molecule has 0 aliphatic carbocycles. The zero-order valence-corrected chi connectivity index (χ0v) is 18.6. The van der Waals surface area contributed by atoms with Gasteiger partial charge in [-0.15, -0.1) is 0 Å². The molecule has 0 aliphatic rings. The molecule has 0 heterocycles. The van der Waals surface area contributed by atoms with Crippen LogP contribution in [0.5, 0.6) is 5.75 Å². The Bertz CT molecular complexity index is 708. The van der Waals surface area contributed by atoms with E-state index in [0.29, 0.717) is 24.1 Å². The van der Waals surface area contributed by atoms with E-state index in [0.717, 1.165) is 45.4 Å². The number of benzene rings is 2. The molecule has 2 aromatic rings. The molecule has 0 bridgehead atoms. The summed E-state index contributed by atoms with van der Waals surface area (Å²) in [5.41, 5.74) is 2.57. The van der Waals surface area contributed by atoms with Gasteiger partial charge in [0.25, 0.3) is 0 Å². The molecule has 0 saturated heterocycles. The van der Waals surface area contributed by atoms with Crippen LogP contribution in [0.3, 0.4) is 0 Å². The third kappa shape index (κ3) is 10.8. The second kappa shape index (κ2) is 15.8. The number of nitrogens with one attached hydrogen (secondary N) is 1. The van der Waals surface area contributed by atoms with Gasteiger partial charge in [-0.05, 0) is 74.9 Å². The van der Waals surface area contributed by atoms with Crippen LogP contribution in [0.15, 0.2) is 48.5 Å². The highest BCUT2D eigenvalue weighted by Gasteiger charge is 2.12. The van der Waals surface area contributed by atoms with Gasteiger partial charge in [0.2, 0.25) is 0 Å². The molecule has 2 aromatic carbocycles. The molecule has 4 N–H and O–H groups in total. The van der Waals surface area contributed by atoms with E-state index in [-0.39, 0.29) is 12.4 Å². The lowest BCUT2D eigenvalue weighted by Gasteiger charge is -2.14. The fourth-order valence-electron chi connectivity index (χ4n) is 3.58. The molecule has 0 spiro atoms. The Morgan fingerprint density at radius 2 is 1.55 bits per heavy atom. The number of aliphatic hydroxyl groups is 2. The van der Waals surface area contributed by atoms with Gasteiger partial charge in [-0.1, -0.05) is 49.2 Å². The van der Waals surface area contributed by atoms with Crippen LogP contribution in [0.2, 0.25) is 0 Å². The summed E-state index contributed by atoms with van der Waals surface area (Å²) < 4.78 is 5.73. The van der Waals surface area contributed by atoms with Gasteiger partial charge in [0.1, 0.15) is 5.75 Å². The molecule has 0 fully saturated rings. The molecular formula is C26H39NO4. The van der Waals surface area contributed by atoms with Crippen molar-refractivity contribution in [3.8, 4) is 5.75 Å². The molecular weight excluding hydrogens is 390 g/mol. The quantitative estimate of drug-likeness (QED) is 0.278. The maximum Gasteiger partial charge on any atom is 0.121 e. The van der Waals surface area contributed by atoms with Gasteiger partial charge in [0, 0.05) is 18.8 Å². The van der Waals surface area contributed by atoms with E-state index < -0.39 is 6.10 Å². The van der Waals surface area contributed by atoms with E-state index in [2.05, 4.69) is 35.6 Å². The van der Waals surface area contributed by atoms with Crippen LogP contribution >= 0.6 is 0 Å². The molecule has 1 atom stereocenters. The van der Waals surface area contributed by atoms with E-state index in [1.165, 1.54) is 30.9 Å². The summed E-state index contributed by atoms with van der Waals surface area (Å²) in [7, 11) is 0. The van der Waals surface area contributed by atoms with Crippen LogP contribution in [-0.2, 0) is 17.8 Å². The van der Waals surface area contributed by atoms with E-state index in [9.17, 15) is 15.3 Å². The molecule has 31 heavy (non-hydrogen) atoms. The number of phenolic OH excluding ortho intramolecular Hbond substituents is 1. The number of hydrogen-bond donors (Lipinski definition) is 4. The number of aliphatic hydroxyl groups excluding tert-OH is 2. The van der Waals surface area contributed by atoms with E-state index in [1.54, 1.807) is 12.1 Å². The van der Waals surface area contributed by atoms with E-state index in [4.69, 9.17) is 4.74 Å². The maximum absolute atomic E-state index is 10.3. The Labute approximate surface area is 187 Å². The van der Waals surface area contributed by atoms with Crippen molar-refractivity contribution in [1.29, 1.82) is 0 Å². The van der Waals surface area contributed by atoms with Crippen LogP contribution in [0.1, 0.15) is 67.7 Å². The standard InChI is InChI=1S/C26H39NO4/c28-21-23-13-14-25(29)24(20-23)26(30)15-17-27-16-7-1-2-8-18-31-19-9-6-12-22-10-4-3-5-11-22/h3-5,10-11,13-14,20,26-30H,1-2,6-9,12,15-19,21H2. The highest BCUT2D eigenvalue weighted by atomic mass is 16.5. The molecule has 0 radical (unpaired) electrons. The fraction of sp³-hybridized carbons (Fsp3) is 0.538. The summed E-state index contributed by atoms with van der Waals surface area (Å²) in [6.07, 6.45) is 7.79. The predicted molar refractivity (Wildman–Crippen MR) is 125 cm³/mol. The van der Waals surface area contributed by atoms with E-state index in [1.807, 2.05) is 0 Å². The first-order valence-corrected chi connectivity index (χ1v) is 11.6. The van der Waals surface area contributed by atoms with Crippen LogP contribution < -0.4 is 5.32 Å². The van der Waals surface area contributed by atoms with Crippen LogP contribution in [0.4, 0.5) is 0 Å². The zero-order valence-electron chi connectivity index (χ0n) is 18.6. The smallest absolute Gasteiger partial charge is 0.121 e. The second-order valence-electron chi connectivity index (χ2n) is 8.08. The molecule has 1 unspecified atom stereocenters. The number of rotatable bonds is 17. The number of aromatic hydroxyl groups is 1. The van der Waals surface area contributed by atoms with Gasteiger partial charge in [0.15, 0.2) is 0 Å². The maximum atomic E-state index is 10.3. The summed E-state index contributed by atoms with van der Waals surface area (Å²) in [5, 5.41) is 32.7. The van der Waals surface area contributed by atoms with Crippen molar-refractivity contribution in [1.82, 2.24) is 5.32 Å². The lowest BCUT2D eigenvalue weighted by Crippen LogP contribution is -2.19. The minimum Gasteiger partial charge on any atom is -0.508 e. The predicted octanol–water partition coefficient (Wildman–Crippen LogP) is 4.50. The average Bonchev–Trinajstić information content (AvgIpc) is 2.80. The van der Waals surface area contributed by atoms with Crippen molar-refractivity contribution in [2.24, 2.45) is 0 Å². The third-order valence-corrected chi connectivity index (χ3v) is 5.47. The topological polar surface area (TPSA) is 82.0 Å². The number of unbranched alkanes of at least 4 members (excludes halogenated alkanes) is 4. The van der Waals surface area contributed by atoms with Crippen molar-refractivity contribution >= 4 is 0 Å². The van der Waals surface area contributed by atoms with Crippen molar-refractivity contribution in [3.63, 3.8) is 0 Å². The summed E-state index contributed by atoms with van der Waals surface area (Å²) in [6, 6.07) is 15.4. The van der Waals surface area contributed by atoms with Gasteiger partial charge in [-0.3, -0.25) is 0 Å². The van der Waals surface area contributed by atoms with Gasteiger partial charge >= 0.3 is 0 Å². The molecule has 172 valence electrons. The summed E-state index contributed by atoms with van der Waals surface area (Å²) in [5.74, 6) is 0.0723. The highest BCUT2D eigenvalue weighted by molar-refractivity contribution is 5.37. The summed E-state index contributed by atoms with van der Waals surface area (Å²) in [6.45, 7) is 3.22. The molecule has 0 aromatic heterocycles. The SMILES string of the molecule is OCc1ccc(O)c(C(O)CCNCCCCCCOCCCCc2ccccc2)c1. The minimum atomic E-state index is -0.733. The normalized spacial score (nSPS) is 12.2. The van der Waals surface area contributed by atoms with Gasteiger partial charge in [-0.2, -0.15) is 0 Å². The number of phenols is 1. The Kier molecular flexibility index (Phi) is 12.9. The van der Waals surface area contributed by atoms with Gasteiger partial charge < -0.3 is 25.4 Å². The van der Waals surface area contributed by atoms with Crippen molar-refractivity contribution in [2.75, 3.05) is 26.3 Å². The zero-order chi connectivity index (χ0) is 22.2. The van der Waals surface area contributed by atoms with Gasteiger partial charge in [0.05, 0.1) is 12.7 Å². The van der Waals surface area contributed by atoms with Crippen LogP contribution in [-0.4, -0.2) is 41.6 Å². The summed E-state index contributed by atoms with van der Waals surface area (Å²) >= 11 is 0. The number of aryl methyl sites for hydroxylation is 1. The Morgan fingerprint density at radius 3 is 2.32 bits per heavy atom. The first kappa shape index (κ1) is 25.3. The van der Waals surface area contributed by atoms with E-state index >= 15 is 0 Å². The summed E-state index contributed by atoms with van der Waals surface area (Å²) in [4.78, 5) is 0. The molecule has 0 amide bonds. The second-order valence-corrected chi connectivity index (χ2v) is 8.08.